The fraction of sp³-hybridized carbons (Fsp3) is 0.214. The van der Waals surface area contributed by atoms with Crippen LogP contribution in [-0.2, 0) is 6.54 Å². The highest BCUT2D eigenvalue weighted by molar-refractivity contribution is 9.10. The average Bonchev–Trinajstić information content (AvgIpc) is 2.36. The molecule has 0 spiro atoms. The van der Waals surface area contributed by atoms with Gasteiger partial charge in [0.2, 0.25) is 5.88 Å². The normalized spacial score (nSPS) is 10.4. The summed E-state index contributed by atoms with van der Waals surface area (Å²) in [5.74, 6) is 1.42. The second-order valence-electron chi connectivity index (χ2n) is 4.18. The zero-order chi connectivity index (χ0) is 13.1. The number of pyridine rings is 1. The van der Waals surface area contributed by atoms with E-state index < -0.39 is 0 Å². The number of aryl methyl sites for hydroxylation is 2. The van der Waals surface area contributed by atoms with Crippen LogP contribution in [0.3, 0.4) is 0 Å². The third-order valence-corrected chi connectivity index (χ3v) is 3.17. The van der Waals surface area contributed by atoms with Crippen molar-refractivity contribution in [2.45, 2.75) is 20.4 Å². The minimum absolute atomic E-state index is 0.490. The Hall–Kier alpha value is -1.39. The minimum atomic E-state index is 0.490. The molecule has 0 unspecified atom stereocenters. The van der Waals surface area contributed by atoms with Crippen LogP contribution >= 0.6 is 15.9 Å². The van der Waals surface area contributed by atoms with Crippen molar-refractivity contribution in [2.75, 3.05) is 0 Å². The third kappa shape index (κ3) is 2.89. The van der Waals surface area contributed by atoms with E-state index in [1.165, 1.54) is 0 Å². The van der Waals surface area contributed by atoms with Crippen LogP contribution in [0.1, 0.15) is 16.7 Å². The number of ether oxygens (including phenoxy) is 1. The molecule has 0 radical (unpaired) electrons. The molecular weight excluding hydrogens is 292 g/mol. The molecule has 4 heteroatoms. The van der Waals surface area contributed by atoms with Crippen LogP contribution in [0.4, 0.5) is 0 Å². The monoisotopic (exact) mass is 306 g/mol. The lowest BCUT2D eigenvalue weighted by molar-refractivity contribution is 0.455. The first-order valence-electron chi connectivity index (χ1n) is 5.69. The Balaban J connectivity index is 2.31. The number of aromatic nitrogens is 1. The summed E-state index contributed by atoms with van der Waals surface area (Å²) < 4.78 is 6.82. The summed E-state index contributed by atoms with van der Waals surface area (Å²) >= 11 is 3.43. The van der Waals surface area contributed by atoms with Gasteiger partial charge in [-0.1, -0.05) is 22.0 Å². The van der Waals surface area contributed by atoms with Crippen LogP contribution in [-0.4, -0.2) is 4.98 Å². The zero-order valence-electron chi connectivity index (χ0n) is 10.4. The molecule has 0 aliphatic heterocycles. The van der Waals surface area contributed by atoms with E-state index in [4.69, 9.17) is 10.5 Å². The second-order valence-corrected chi connectivity index (χ2v) is 5.10. The highest BCUT2D eigenvalue weighted by atomic mass is 79.9. The first kappa shape index (κ1) is 13.1. The van der Waals surface area contributed by atoms with Crippen LogP contribution < -0.4 is 10.5 Å². The number of rotatable bonds is 3. The van der Waals surface area contributed by atoms with Gasteiger partial charge in [-0.2, -0.15) is 0 Å². The maximum atomic E-state index is 5.84. The highest BCUT2D eigenvalue weighted by Gasteiger charge is 2.07. The highest BCUT2D eigenvalue weighted by Crippen LogP contribution is 2.28. The van der Waals surface area contributed by atoms with E-state index in [1.807, 2.05) is 38.1 Å². The van der Waals surface area contributed by atoms with Gasteiger partial charge >= 0.3 is 0 Å². The predicted molar refractivity (Wildman–Crippen MR) is 75.8 cm³/mol. The predicted octanol–water partition coefficient (Wildman–Crippen LogP) is 3.71. The van der Waals surface area contributed by atoms with E-state index in [9.17, 15) is 0 Å². The Morgan fingerprint density at radius 2 is 2.00 bits per heavy atom. The molecule has 1 aromatic carbocycles. The van der Waals surface area contributed by atoms with E-state index in [-0.39, 0.29) is 0 Å². The van der Waals surface area contributed by atoms with Gasteiger partial charge in [0, 0.05) is 22.8 Å². The molecule has 0 bridgehead atoms. The number of nitrogens with two attached hydrogens (primary N) is 1. The molecule has 2 N–H and O–H groups in total. The Labute approximate surface area is 115 Å². The maximum Gasteiger partial charge on any atom is 0.222 e. The van der Waals surface area contributed by atoms with Crippen LogP contribution in [0.15, 0.2) is 34.9 Å². The average molecular weight is 307 g/mol. The first-order valence-corrected chi connectivity index (χ1v) is 6.49. The number of hydrogen-bond acceptors (Lipinski definition) is 3. The van der Waals surface area contributed by atoms with Crippen LogP contribution in [0.25, 0.3) is 0 Å². The molecule has 2 rings (SSSR count). The summed E-state index contributed by atoms with van der Waals surface area (Å²) in [5, 5.41) is 0. The molecule has 3 nitrogen and oxygen atoms in total. The standard InChI is InChI=1S/C14H15BrN2O/c1-9-3-4-12(15)6-13(9)18-14-10(2)5-11(7-16)8-17-14/h3-6,8H,7,16H2,1-2H3. The molecule has 0 amide bonds. The molecule has 0 saturated heterocycles. The maximum absolute atomic E-state index is 5.84. The van der Waals surface area contributed by atoms with Gasteiger partial charge in [-0.05, 0) is 43.2 Å². The molecule has 2 aromatic rings. The van der Waals surface area contributed by atoms with Crippen LogP contribution in [0.2, 0.25) is 0 Å². The SMILES string of the molecule is Cc1ccc(Br)cc1Oc1ncc(CN)cc1C. The third-order valence-electron chi connectivity index (χ3n) is 2.68. The van der Waals surface area contributed by atoms with Gasteiger partial charge in [-0.3, -0.25) is 0 Å². The Bertz CT molecular complexity index is 570. The topological polar surface area (TPSA) is 48.1 Å². The molecule has 0 aliphatic carbocycles. The van der Waals surface area contributed by atoms with Crippen molar-refractivity contribution in [1.29, 1.82) is 0 Å². The fourth-order valence-electron chi connectivity index (χ4n) is 1.63. The summed E-state index contributed by atoms with van der Waals surface area (Å²) in [6, 6.07) is 7.92. The van der Waals surface area contributed by atoms with E-state index in [0.29, 0.717) is 12.4 Å². The summed E-state index contributed by atoms with van der Waals surface area (Å²) in [6.45, 7) is 4.46. The van der Waals surface area contributed by atoms with Crippen molar-refractivity contribution in [3.05, 3.63) is 51.6 Å². The largest absolute Gasteiger partial charge is 0.438 e. The minimum Gasteiger partial charge on any atom is -0.438 e. The smallest absolute Gasteiger partial charge is 0.222 e. The van der Waals surface area contributed by atoms with Gasteiger partial charge in [-0.15, -0.1) is 0 Å². The zero-order valence-corrected chi connectivity index (χ0v) is 12.0. The molecule has 0 atom stereocenters. The molecule has 0 fully saturated rings. The first-order chi connectivity index (χ1) is 8.60. The van der Waals surface area contributed by atoms with E-state index in [2.05, 4.69) is 20.9 Å². The van der Waals surface area contributed by atoms with E-state index in [1.54, 1.807) is 6.20 Å². The number of halogens is 1. The van der Waals surface area contributed by atoms with Gasteiger partial charge in [0.1, 0.15) is 5.75 Å². The van der Waals surface area contributed by atoms with Gasteiger partial charge in [0.25, 0.3) is 0 Å². The van der Waals surface area contributed by atoms with Gasteiger partial charge in [0.05, 0.1) is 0 Å². The van der Waals surface area contributed by atoms with Gasteiger partial charge in [0.15, 0.2) is 0 Å². The quantitative estimate of drug-likeness (QED) is 0.940. The molecular formula is C14H15BrN2O. The van der Waals surface area contributed by atoms with Crippen molar-refractivity contribution >= 4 is 15.9 Å². The molecule has 0 aliphatic rings. The van der Waals surface area contributed by atoms with Crippen LogP contribution in [0, 0.1) is 13.8 Å². The summed E-state index contributed by atoms with van der Waals surface area (Å²) in [5.41, 5.74) is 8.64. The van der Waals surface area contributed by atoms with E-state index in [0.717, 1.165) is 26.9 Å². The van der Waals surface area contributed by atoms with Crippen molar-refractivity contribution in [3.63, 3.8) is 0 Å². The molecule has 1 heterocycles. The summed E-state index contributed by atoms with van der Waals surface area (Å²) in [4.78, 5) is 4.30. The summed E-state index contributed by atoms with van der Waals surface area (Å²) in [7, 11) is 0. The van der Waals surface area contributed by atoms with Crippen molar-refractivity contribution < 1.29 is 4.74 Å². The van der Waals surface area contributed by atoms with Crippen LogP contribution in [0.5, 0.6) is 11.6 Å². The molecule has 18 heavy (non-hydrogen) atoms. The molecule has 0 saturated carbocycles. The molecule has 94 valence electrons. The fourth-order valence-corrected chi connectivity index (χ4v) is 1.97. The Morgan fingerprint density at radius 1 is 1.22 bits per heavy atom. The van der Waals surface area contributed by atoms with Crippen molar-refractivity contribution in [3.8, 4) is 11.6 Å². The molecule has 1 aromatic heterocycles. The lowest BCUT2D eigenvalue weighted by Gasteiger charge is -2.11. The number of hydrogen-bond donors (Lipinski definition) is 1. The second kappa shape index (κ2) is 5.50. The number of nitrogens with zero attached hydrogens (tertiary/aromatic N) is 1. The number of benzene rings is 1. The van der Waals surface area contributed by atoms with Gasteiger partial charge in [-0.25, -0.2) is 4.98 Å². The van der Waals surface area contributed by atoms with Gasteiger partial charge < -0.3 is 10.5 Å². The lowest BCUT2D eigenvalue weighted by atomic mass is 10.2. The van der Waals surface area contributed by atoms with Crippen molar-refractivity contribution in [1.82, 2.24) is 4.98 Å². The Morgan fingerprint density at radius 3 is 2.67 bits per heavy atom. The van der Waals surface area contributed by atoms with Crippen molar-refractivity contribution in [2.24, 2.45) is 5.73 Å². The van der Waals surface area contributed by atoms with E-state index >= 15 is 0 Å². The summed E-state index contributed by atoms with van der Waals surface area (Å²) in [6.07, 6.45) is 1.75. The Kier molecular flexibility index (Phi) is 3.99. The lowest BCUT2D eigenvalue weighted by Crippen LogP contribution is -1.99.